The number of rotatable bonds is 5. The van der Waals surface area contributed by atoms with E-state index in [-0.39, 0.29) is 30.4 Å². The van der Waals surface area contributed by atoms with Gasteiger partial charge in [-0.1, -0.05) is 12.1 Å². The fourth-order valence-corrected chi connectivity index (χ4v) is 2.20. The minimum atomic E-state index is -1.36. The monoisotopic (exact) mass is 355 g/mol. The molecule has 1 aromatic carbocycles. The van der Waals surface area contributed by atoms with E-state index in [1.54, 1.807) is 0 Å². The van der Waals surface area contributed by atoms with E-state index in [1.807, 2.05) is 0 Å². The predicted molar refractivity (Wildman–Crippen MR) is 80.0 cm³/mol. The van der Waals surface area contributed by atoms with Crippen molar-refractivity contribution in [2.24, 2.45) is 0 Å². The van der Waals surface area contributed by atoms with Crippen LogP contribution in [0.3, 0.4) is 0 Å². The van der Waals surface area contributed by atoms with Crippen molar-refractivity contribution < 1.29 is 43.2 Å². The molecule has 2 unspecified atom stereocenters. The normalized spacial score (nSPS) is 18.3. The first-order valence-electron chi connectivity index (χ1n) is 7.13. The summed E-state index contributed by atoms with van der Waals surface area (Å²) in [6.07, 6.45) is -2.86. The molecule has 25 heavy (non-hydrogen) atoms. The third-order valence-corrected chi connectivity index (χ3v) is 3.43. The number of aliphatic hydroxyl groups excluding tert-OH is 1. The van der Waals surface area contributed by atoms with E-state index in [2.05, 4.69) is 9.47 Å². The molecule has 0 radical (unpaired) electrons. The fraction of sp³-hybridized carbons (Fsp3) is 0.400. The summed E-state index contributed by atoms with van der Waals surface area (Å²) < 4.78 is 23.9. The van der Waals surface area contributed by atoms with Crippen LogP contribution < -0.4 is 9.47 Å². The molecule has 0 saturated carbocycles. The van der Waals surface area contributed by atoms with E-state index in [0.717, 1.165) is 14.2 Å². The van der Waals surface area contributed by atoms with Crippen molar-refractivity contribution in [2.45, 2.75) is 12.3 Å². The van der Waals surface area contributed by atoms with E-state index in [1.165, 1.54) is 23.1 Å². The van der Waals surface area contributed by atoms with Crippen LogP contribution in [0, 0.1) is 0 Å². The molecule has 1 aromatic rings. The van der Waals surface area contributed by atoms with Crippen LogP contribution in [0.1, 0.15) is 11.8 Å². The molecule has 2 atom stereocenters. The summed E-state index contributed by atoms with van der Waals surface area (Å²) in [4.78, 5) is 35.3. The summed E-state index contributed by atoms with van der Waals surface area (Å²) in [7, 11) is 2.21. The first-order valence-corrected chi connectivity index (χ1v) is 7.13. The van der Waals surface area contributed by atoms with Gasteiger partial charge in [-0.05, 0) is 6.07 Å². The predicted octanol–water partition coefficient (Wildman–Crippen LogP) is 0.825. The standard InChI is InChI=1S/C15H17NO9/c1-21-14(19)24-11-5-3-4-10(12(11)25-15(20)22-2)13(18)16-8-23-7-9(16)6-17/h3-6,9,13,18H,7-8H2,1-2H3. The largest absolute Gasteiger partial charge is 0.513 e. The lowest BCUT2D eigenvalue weighted by Crippen LogP contribution is -2.36. The molecule has 1 aliphatic rings. The topological polar surface area (TPSA) is 121 Å². The fourth-order valence-electron chi connectivity index (χ4n) is 2.20. The third-order valence-electron chi connectivity index (χ3n) is 3.43. The molecular formula is C15H17NO9. The van der Waals surface area contributed by atoms with Crippen LogP contribution >= 0.6 is 0 Å². The Labute approximate surface area is 142 Å². The zero-order valence-electron chi connectivity index (χ0n) is 13.5. The number of benzene rings is 1. The smallest absolute Gasteiger partial charge is 0.437 e. The minimum absolute atomic E-state index is 0.00960. The Balaban J connectivity index is 2.40. The quantitative estimate of drug-likeness (QED) is 0.461. The molecule has 0 aliphatic carbocycles. The van der Waals surface area contributed by atoms with Gasteiger partial charge in [-0.25, -0.2) is 14.5 Å². The number of carbonyl (C=O) groups is 3. The zero-order valence-corrected chi connectivity index (χ0v) is 13.5. The summed E-state index contributed by atoms with van der Waals surface area (Å²) in [6, 6.07) is 3.57. The van der Waals surface area contributed by atoms with Gasteiger partial charge in [0.1, 0.15) is 19.2 Å². The van der Waals surface area contributed by atoms with Crippen molar-refractivity contribution in [2.75, 3.05) is 27.6 Å². The van der Waals surface area contributed by atoms with Crippen molar-refractivity contribution >= 4 is 18.6 Å². The highest BCUT2D eigenvalue weighted by Crippen LogP contribution is 2.38. The summed E-state index contributed by atoms with van der Waals surface area (Å²) in [5.41, 5.74) is 0.0733. The Bertz CT molecular complexity index is 648. The molecular weight excluding hydrogens is 338 g/mol. The summed E-state index contributed by atoms with van der Waals surface area (Å²) >= 11 is 0. The number of ether oxygens (including phenoxy) is 5. The molecule has 2 rings (SSSR count). The summed E-state index contributed by atoms with van der Waals surface area (Å²) in [5, 5.41) is 10.6. The highest BCUT2D eigenvalue weighted by Gasteiger charge is 2.34. The van der Waals surface area contributed by atoms with Gasteiger partial charge >= 0.3 is 12.3 Å². The van der Waals surface area contributed by atoms with Crippen LogP contribution in [0.4, 0.5) is 9.59 Å². The maximum Gasteiger partial charge on any atom is 0.513 e. The molecule has 10 nitrogen and oxygen atoms in total. The van der Waals surface area contributed by atoms with Crippen LogP contribution in [-0.2, 0) is 19.0 Å². The van der Waals surface area contributed by atoms with Crippen molar-refractivity contribution in [1.82, 2.24) is 4.90 Å². The SMILES string of the molecule is COC(=O)Oc1cccc(C(O)N2COCC2C=O)c1OC(=O)OC. The number of aldehydes is 1. The van der Waals surface area contributed by atoms with Gasteiger partial charge in [-0.15, -0.1) is 0 Å². The van der Waals surface area contributed by atoms with Gasteiger partial charge in [-0.2, -0.15) is 0 Å². The molecule has 0 spiro atoms. The number of para-hydroxylation sites is 1. The Morgan fingerprint density at radius 1 is 1.28 bits per heavy atom. The number of nitrogens with zero attached hydrogens (tertiary/aromatic N) is 1. The van der Waals surface area contributed by atoms with Crippen LogP contribution in [0.5, 0.6) is 11.5 Å². The number of carbonyl (C=O) groups excluding carboxylic acids is 3. The van der Waals surface area contributed by atoms with Crippen molar-refractivity contribution in [3.8, 4) is 11.5 Å². The maximum atomic E-state index is 11.5. The summed E-state index contributed by atoms with van der Waals surface area (Å²) in [6.45, 7) is 0.108. The first kappa shape index (κ1) is 18.6. The number of methoxy groups -OCH3 is 2. The molecule has 0 amide bonds. The number of hydrogen-bond donors (Lipinski definition) is 1. The van der Waals surface area contributed by atoms with Gasteiger partial charge in [0.25, 0.3) is 0 Å². The lowest BCUT2D eigenvalue weighted by atomic mass is 10.1. The Morgan fingerprint density at radius 3 is 2.60 bits per heavy atom. The van der Waals surface area contributed by atoms with E-state index in [4.69, 9.17) is 14.2 Å². The minimum Gasteiger partial charge on any atom is -0.437 e. The van der Waals surface area contributed by atoms with Gasteiger partial charge in [0.05, 0.1) is 26.9 Å². The Hall–Kier alpha value is -2.69. The van der Waals surface area contributed by atoms with Gasteiger partial charge in [0.15, 0.2) is 11.5 Å². The van der Waals surface area contributed by atoms with Crippen molar-refractivity contribution in [3.05, 3.63) is 23.8 Å². The molecule has 0 aromatic heterocycles. The Morgan fingerprint density at radius 2 is 1.96 bits per heavy atom. The third kappa shape index (κ3) is 4.24. The van der Waals surface area contributed by atoms with E-state index in [9.17, 15) is 19.5 Å². The van der Waals surface area contributed by atoms with Crippen molar-refractivity contribution in [1.29, 1.82) is 0 Å². The highest BCUT2D eigenvalue weighted by atomic mass is 16.7. The van der Waals surface area contributed by atoms with E-state index >= 15 is 0 Å². The maximum absolute atomic E-state index is 11.5. The van der Waals surface area contributed by atoms with E-state index < -0.39 is 24.6 Å². The van der Waals surface area contributed by atoms with Gasteiger partial charge in [-0.3, -0.25) is 0 Å². The second kappa shape index (κ2) is 8.42. The second-order valence-electron chi connectivity index (χ2n) is 4.88. The van der Waals surface area contributed by atoms with Gasteiger partial charge < -0.3 is 33.6 Å². The molecule has 1 heterocycles. The highest BCUT2D eigenvalue weighted by molar-refractivity contribution is 5.70. The Kier molecular flexibility index (Phi) is 6.28. The summed E-state index contributed by atoms with van der Waals surface area (Å²) in [5.74, 6) is -0.416. The zero-order chi connectivity index (χ0) is 18.4. The van der Waals surface area contributed by atoms with Crippen LogP contribution in [0.25, 0.3) is 0 Å². The molecule has 1 aliphatic heterocycles. The van der Waals surface area contributed by atoms with E-state index in [0.29, 0.717) is 6.29 Å². The average Bonchev–Trinajstić information content (AvgIpc) is 3.10. The molecule has 1 saturated heterocycles. The first-order chi connectivity index (χ1) is 12.0. The lowest BCUT2D eigenvalue weighted by Gasteiger charge is -2.26. The van der Waals surface area contributed by atoms with Gasteiger partial charge in [0.2, 0.25) is 0 Å². The molecule has 0 bridgehead atoms. The average molecular weight is 355 g/mol. The molecule has 1 N–H and O–H groups in total. The molecule has 10 heteroatoms. The number of aliphatic hydroxyl groups is 1. The van der Waals surface area contributed by atoms with Crippen molar-refractivity contribution in [3.63, 3.8) is 0 Å². The van der Waals surface area contributed by atoms with Gasteiger partial charge in [0, 0.05) is 5.56 Å². The van der Waals surface area contributed by atoms with Crippen LogP contribution in [-0.4, -0.2) is 62.2 Å². The second-order valence-corrected chi connectivity index (χ2v) is 4.88. The van der Waals surface area contributed by atoms with Crippen LogP contribution in [0.15, 0.2) is 18.2 Å². The number of hydrogen-bond acceptors (Lipinski definition) is 10. The molecule has 136 valence electrons. The lowest BCUT2D eigenvalue weighted by molar-refractivity contribution is -0.115. The van der Waals surface area contributed by atoms with Crippen LogP contribution in [0.2, 0.25) is 0 Å². The molecule has 1 fully saturated rings.